The number of hydrogen-bond acceptors (Lipinski definition) is 1. The van der Waals surface area contributed by atoms with Crippen molar-refractivity contribution < 1.29 is 9.46 Å². The summed E-state index contributed by atoms with van der Waals surface area (Å²) in [5, 5.41) is 0. The molecule has 0 aliphatic carbocycles. The minimum Gasteiger partial charge on any atom is -0.344 e. The van der Waals surface area contributed by atoms with Crippen LogP contribution < -0.4 is 0 Å². The maximum absolute atomic E-state index is 10.5. The van der Waals surface area contributed by atoms with Gasteiger partial charge in [-0.15, -0.1) is 0 Å². The second kappa shape index (κ2) is 2.49. The fourth-order valence-corrected chi connectivity index (χ4v) is 0.671. The average molecular weight is 122 g/mol. The summed E-state index contributed by atoms with van der Waals surface area (Å²) >= 11 is 0. The van der Waals surface area contributed by atoms with Crippen molar-refractivity contribution in [2.75, 3.05) is 12.3 Å². The first-order chi connectivity index (χ1) is 3.12. The Morgan fingerprint density at radius 2 is 1.71 bits per heavy atom. The Kier molecular flexibility index (Phi) is 2.55. The van der Waals surface area contributed by atoms with Crippen LogP contribution in [0.1, 0.15) is 13.8 Å². The molecule has 0 aromatic heterocycles. The standard InChI is InChI=1S/C4H11O2P/c1-3-7(5,6)4-2/h3-4H2,1-2H3,(H,5,6). The van der Waals surface area contributed by atoms with Gasteiger partial charge >= 0.3 is 0 Å². The van der Waals surface area contributed by atoms with E-state index in [4.69, 9.17) is 4.89 Å². The molecule has 2 nitrogen and oxygen atoms in total. The van der Waals surface area contributed by atoms with Crippen LogP contribution in [0.4, 0.5) is 0 Å². The predicted molar refractivity (Wildman–Crippen MR) is 30.9 cm³/mol. The molecule has 44 valence electrons. The Balaban J connectivity index is 3.61. The average Bonchev–Trinajstić information content (AvgIpc) is 1.68. The summed E-state index contributed by atoms with van der Waals surface area (Å²) in [5.41, 5.74) is 0. The highest BCUT2D eigenvalue weighted by Gasteiger charge is 2.08. The molecule has 0 spiro atoms. The lowest BCUT2D eigenvalue weighted by atomic mass is 11.0. The highest BCUT2D eigenvalue weighted by Crippen LogP contribution is 2.38. The van der Waals surface area contributed by atoms with Gasteiger partial charge in [0.25, 0.3) is 0 Å². The zero-order valence-corrected chi connectivity index (χ0v) is 5.61. The highest BCUT2D eigenvalue weighted by atomic mass is 31.2. The topological polar surface area (TPSA) is 37.3 Å². The van der Waals surface area contributed by atoms with Gasteiger partial charge in [0.15, 0.2) is 7.37 Å². The molecular weight excluding hydrogens is 111 g/mol. The van der Waals surface area contributed by atoms with Crippen LogP contribution in [-0.2, 0) is 4.57 Å². The molecule has 0 unspecified atom stereocenters. The van der Waals surface area contributed by atoms with Crippen LogP contribution in [0.3, 0.4) is 0 Å². The third-order valence-corrected chi connectivity index (χ3v) is 2.96. The maximum Gasteiger partial charge on any atom is 0.200 e. The smallest absolute Gasteiger partial charge is 0.200 e. The van der Waals surface area contributed by atoms with Gasteiger partial charge in [0.2, 0.25) is 0 Å². The van der Waals surface area contributed by atoms with Gasteiger partial charge in [0, 0.05) is 12.3 Å². The monoisotopic (exact) mass is 122 g/mol. The van der Waals surface area contributed by atoms with Gasteiger partial charge in [-0.25, -0.2) is 0 Å². The van der Waals surface area contributed by atoms with E-state index in [0.29, 0.717) is 12.3 Å². The minimum atomic E-state index is -2.65. The number of hydrogen-bond donors (Lipinski definition) is 1. The maximum atomic E-state index is 10.5. The van der Waals surface area contributed by atoms with Crippen LogP contribution in [0.15, 0.2) is 0 Å². The predicted octanol–water partition coefficient (Wildman–Crippen LogP) is 1.30. The molecule has 0 aliphatic rings. The summed E-state index contributed by atoms with van der Waals surface area (Å²) in [4.78, 5) is 8.69. The second-order valence-corrected chi connectivity index (χ2v) is 4.44. The Morgan fingerprint density at radius 3 is 1.71 bits per heavy atom. The van der Waals surface area contributed by atoms with Gasteiger partial charge in [0.1, 0.15) is 0 Å². The van der Waals surface area contributed by atoms with Crippen molar-refractivity contribution in [3.8, 4) is 0 Å². The molecule has 0 saturated heterocycles. The van der Waals surface area contributed by atoms with Crippen LogP contribution in [-0.4, -0.2) is 17.2 Å². The van der Waals surface area contributed by atoms with E-state index in [1.165, 1.54) is 0 Å². The Morgan fingerprint density at radius 1 is 1.43 bits per heavy atom. The Bertz CT molecular complexity index is 81.7. The quantitative estimate of drug-likeness (QED) is 0.560. The van der Waals surface area contributed by atoms with Crippen molar-refractivity contribution in [3.05, 3.63) is 0 Å². The van der Waals surface area contributed by atoms with Crippen molar-refractivity contribution in [2.24, 2.45) is 0 Å². The number of rotatable bonds is 2. The van der Waals surface area contributed by atoms with Crippen LogP contribution >= 0.6 is 7.37 Å². The third kappa shape index (κ3) is 2.84. The fourth-order valence-electron chi connectivity index (χ4n) is 0.224. The van der Waals surface area contributed by atoms with E-state index >= 15 is 0 Å². The molecule has 1 N–H and O–H groups in total. The van der Waals surface area contributed by atoms with Gasteiger partial charge in [-0.2, -0.15) is 0 Å². The first-order valence-corrected chi connectivity index (χ1v) is 4.46. The molecule has 0 amide bonds. The summed E-state index contributed by atoms with van der Waals surface area (Å²) in [5.74, 6) is 0. The summed E-state index contributed by atoms with van der Waals surface area (Å²) in [6, 6.07) is 0. The van der Waals surface area contributed by atoms with Gasteiger partial charge < -0.3 is 4.89 Å². The summed E-state index contributed by atoms with van der Waals surface area (Å²) in [6.45, 7) is 3.45. The SMILES string of the molecule is CCP(=O)(O)CC. The van der Waals surface area contributed by atoms with Crippen molar-refractivity contribution >= 4 is 7.37 Å². The molecule has 0 aliphatic heterocycles. The minimum absolute atomic E-state index is 0.406. The van der Waals surface area contributed by atoms with Gasteiger partial charge in [-0.05, 0) is 0 Å². The van der Waals surface area contributed by atoms with Crippen molar-refractivity contribution in [3.63, 3.8) is 0 Å². The first kappa shape index (κ1) is 7.19. The molecule has 0 fully saturated rings. The lowest BCUT2D eigenvalue weighted by Crippen LogP contribution is -1.84. The first-order valence-electron chi connectivity index (χ1n) is 2.43. The van der Waals surface area contributed by atoms with Crippen molar-refractivity contribution in [1.82, 2.24) is 0 Å². The van der Waals surface area contributed by atoms with E-state index in [9.17, 15) is 4.57 Å². The van der Waals surface area contributed by atoms with Gasteiger partial charge in [-0.1, -0.05) is 13.8 Å². The molecule has 0 atom stereocenters. The van der Waals surface area contributed by atoms with Crippen molar-refractivity contribution in [1.29, 1.82) is 0 Å². The van der Waals surface area contributed by atoms with Crippen LogP contribution in [0.2, 0.25) is 0 Å². The van der Waals surface area contributed by atoms with Crippen molar-refractivity contribution in [2.45, 2.75) is 13.8 Å². The fraction of sp³-hybridized carbons (Fsp3) is 1.00. The molecule has 0 aromatic rings. The van der Waals surface area contributed by atoms with Gasteiger partial charge in [-0.3, -0.25) is 4.57 Å². The van der Waals surface area contributed by atoms with E-state index in [1.807, 2.05) is 0 Å². The lowest BCUT2D eigenvalue weighted by Gasteiger charge is -2.01. The summed E-state index contributed by atoms with van der Waals surface area (Å²) in [7, 11) is -2.65. The molecule has 0 heterocycles. The summed E-state index contributed by atoms with van der Waals surface area (Å²) < 4.78 is 10.5. The molecule has 0 rings (SSSR count). The molecule has 0 bridgehead atoms. The molecule has 7 heavy (non-hydrogen) atoms. The molecular formula is C4H11O2P. The molecule has 3 heteroatoms. The van der Waals surface area contributed by atoms with Gasteiger partial charge in [0.05, 0.1) is 0 Å². The van der Waals surface area contributed by atoms with Crippen LogP contribution in [0.5, 0.6) is 0 Å². The molecule has 0 aromatic carbocycles. The lowest BCUT2D eigenvalue weighted by molar-refractivity contribution is 0.481. The molecule has 0 saturated carbocycles. The second-order valence-electron chi connectivity index (χ2n) is 1.48. The Labute approximate surface area is 44.0 Å². The zero-order chi connectivity index (χ0) is 5.91. The Hall–Kier alpha value is 0.190. The third-order valence-electron chi connectivity index (χ3n) is 0.988. The zero-order valence-electron chi connectivity index (χ0n) is 4.72. The normalized spacial score (nSPS) is 11.9. The van der Waals surface area contributed by atoms with E-state index in [1.54, 1.807) is 13.8 Å². The highest BCUT2D eigenvalue weighted by molar-refractivity contribution is 7.57. The van der Waals surface area contributed by atoms with E-state index in [2.05, 4.69) is 0 Å². The van der Waals surface area contributed by atoms with Crippen LogP contribution in [0.25, 0.3) is 0 Å². The molecule has 0 radical (unpaired) electrons. The summed E-state index contributed by atoms with van der Waals surface area (Å²) in [6.07, 6.45) is 0.812. The van der Waals surface area contributed by atoms with Crippen LogP contribution in [0, 0.1) is 0 Å². The van der Waals surface area contributed by atoms with E-state index < -0.39 is 7.37 Å². The largest absolute Gasteiger partial charge is 0.344 e. The van der Waals surface area contributed by atoms with E-state index in [0.717, 1.165) is 0 Å². The van der Waals surface area contributed by atoms with E-state index in [-0.39, 0.29) is 0 Å².